The minimum absolute atomic E-state index is 0. The molecule has 0 spiro atoms. The predicted molar refractivity (Wildman–Crippen MR) is 64.8 cm³/mol. The number of nitrogens with two attached hydrogens (primary N) is 1. The Morgan fingerprint density at radius 2 is 1.93 bits per heavy atom. The van der Waals surface area contributed by atoms with Gasteiger partial charge in [0.05, 0.1) is 0 Å². The summed E-state index contributed by atoms with van der Waals surface area (Å²) in [6.45, 7) is 6.51. The molecule has 0 fully saturated rings. The summed E-state index contributed by atoms with van der Waals surface area (Å²) in [5, 5.41) is 0. The van der Waals surface area contributed by atoms with Gasteiger partial charge in [-0.05, 0) is 24.8 Å². The van der Waals surface area contributed by atoms with E-state index in [4.69, 9.17) is 5.73 Å². The highest BCUT2D eigenvalue weighted by Crippen LogP contribution is 2.19. The van der Waals surface area contributed by atoms with Gasteiger partial charge >= 0.3 is 0 Å². The van der Waals surface area contributed by atoms with Crippen LogP contribution in [0, 0.1) is 12.8 Å². The normalized spacial score (nSPS) is 12.4. The Labute approximate surface area is 93.1 Å². The molecule has 80 valence electrons. The van der Waals surface area contributed by atoms with Crippen molar-refractivity contribution in [2.45, 2.75) is 33.2 Å². The van der Waals surface area contributed by atoms with Gasteiger partial charge in [0, 0.05) is 6.04 Å². The number of hydrogen-bond acceptors (Lipinski definition) is 1. The third-order valence-electron chi connectivity index (χ3n) is 2.20. The van der Waals surface area contributed by atoms with Crippen molar-refractivity contribution in [3.63, 3.8) is 0 Å². The standard InChI is InChI=1S/C12H19N.ClH/c1-9(2)7-12(13)11-6-4-5-10(3)8-11;/h4-6,8-9,12H,7,13H2,1-3H3;1H/t12-;/m0./s1. The van der Waals surface area contributed by atoms with Gasteiger partial charge < -0.3 is 5.73 Å². The van der Waals surface area contributed by atoms with E-state index in [0.29, 0.717) is 5.92 Å². The largest absolute Gasteiger partial charge is 0.324 e. The monoisotopic (exact) mass is 213 g/mol. The Kier molecular flexibility index (Phi) is 5.82. The first-order valence-electron chi connectivity index (χ1n) is 4.91. The van der Waals surface area contributed by atoms with Crippen molar-refractivity contribution in [2.75, 3.05) is 0 Å². The average molecular weight is 214 g/mol. The minimum atomic E-state index is 0. The number of hydrogen-bond donors (Lipinski definition) is 1. The molecule has 1 aromatic rings. The van der Waals surface area contributed by atoms with Crippen LogP contribution in [-0.4, -0.2) is 0 Å². The summed E-state index contributed by atoms with van der Waals surface area (Å²) in [5.41, 5.74) is 8.61. The minimum Gasteiger partial charge on any atom is -0.324 e. The molecule has 0 aliphatic rings. The van der Waals surface area contributed by atoms with E-state index in [1.807, 2.05) is 0 Å². The van der Waals surface area contributed by atoms with Crippen LogP contribution >= 0.6 is 12.4 Å². The van der Waals surface area contributed by atoms with Crippen LogP contribution in [0.25, 0.3) is 0 Å². The van der Waals surface area contributed by atoms with Crippen LogP contribution in [0.5, 0.6) is 0 Å². The molecule has 0 bridgehead atoms. The summed E-state index contributed by atoms with van der Waals surface area (Å²) >= 11 is 0. The van der Waals surface area contributed by atoms with Gasteiger partial charge in [-0.25, -0.2) is 0 Å². The highest BCUT2D eigenvalue weighted by molar-refractivity contribution is 5.85. The second-order valence-electron chi connectivity index (χ2n) is 4.15. The molecule has 0 heterocycles. The highest BCUT2D eigenvalue weighted by atomic mass is 35.5. The van der Waals surface area contributed by atoms with Crippen LogP contribution in [0.1, 0.15) is 37.4 Å². The second-order valence-corrected chi connectivity index (χ2v) is 4.15. The van der Waals surface area contributed by atoms with Crippen LogP contribution < -0.4 is 5.73 Å². The first-order valence-corrected chi connectivity index (χ1v) is 4.91. The Morgan fingerprint density at radius 3 is 2.43 bits per heavy atom. The van der Waals surface area contributed by atoms with Gasteiger partial charge in [-0.2, -0.15) is 0 Å². The highest BCUT2D eigenvalue weighted by Gasteiger charge is 2.07. The third-order valence-corrected chi connectivity index (χ3v) is 2.20. The third kappa shape index (κ3) is 4.12. The Bertz CT molecular complexity index is 271. The zero-order valence-electron chi connectivity index (χ0n) is 9.16. The molecular formula is C12H20ClN. The molecule has 0 aromatic heterocycles. The molecule has 0 aliphatic heterocycles. The van der Waals surface area contributed by atoms with Crippen molar-refractivity contribution in [3.8, 4) is 0 Å². The number of aryl methyl sites for hydroxylation is 1. The van der Waals surface area contributed by atoms with Gasteiger partial charge in [-0.1, -0.05) is 43.7 Å². The summed E-state index contributed by atoms with van der Waals surface area (Å²) in [5.74, 6) is 0.663. The summed E-state index contributed by atoms with van der Waals surface area (Å²) in [6.07, 6.45) is 1.06. The van der Waals surface area contributed by atoms with Gasteiger partial charge in [0.1, 0.15) is 0 Å². The molecule has 1 atom stereocenters. The summed E-state index contributed by atoms with van der Waals surface area (Å²) in [6, 6.07) is 8.66. The Hall–Kier alpha value is -0.530. The maximum atomic E-state index is 6.06. The van der Waals surface area contributed by atoms with Crippen molar-refractivity contribution in [2.24, 2.45) is 11.7 Å². The van der Waals surface area contributed by atoms with E-state index in [-0.39, 0.29) is 18.4 Å². The maximum absolute atomic E-state index is 6.06. The number of benzene rings is 1. The first-order chi connectivity index (χ1) is 6.09. The summed E-state index contributed by atoms with van der Waals surface area (Å²) < 4.78 is 0. The Morgan fingerprint density at radius 1 is 1.29 bits per heavy atom. The topological polar surface area (TPSA) is 26.0 Å². The van der Waals surface area contributed by atoms with Crippen molar-refractivity contribution >= 4 is 12.4 Å². The fourth-order valence-corrected chi connectivity index (χ4v) is 1.54. The summed E-state index contributed by atoms with van der Waals surface area (Å²) in [7, 11) is 0. The number of halogens is 1. The number of rotatable bonds is 3. The molecule has 2 N–H and O–H groups in total. The van der Waals surface area contributed by atoms with E-state index in [9.17, 15) is 0 Å². The molecule has 0 saturated carbocycles. The van der Waals surface area contributed by atoms with Gasteiger partial charge in [0.15, 0.2) is 0 Å². The summed E-state index contributed by atoms with van der Waals surface area (Å²) in [4.78, 5) is 0. The predicted octanol–water partition coefficient (Wildman–Crippen LogP) is 3.46. The molecule has 0 aliphatic carbocycles. The molecule has 0 unspecified atom stereocenters. The van der Waals surface area contributed by atoms with Crippen molar-refractivity contribution in [1.82, 2.24) is 0 Å². The molecule has 0 amide bonds. The van der Waals surface area contributed by atoms with Crippen molar-refractivity contribution in [3.05, 3.63) is 35.4 Å². The fourth-order valence-electron chi connectivity index (χ4n) is 1.54. The smallest absolute Gasteiger partial charge is 0.0297 e. The molecule has 14 heavy (non-hydrogen) atoms. The molecule has 1 nitrogen and oxygen atoms in total. The second kappa shape index (κ2) is 6.05. The average Bonchev–Trinajstić information content (AvgIpc) is 2.03. The molecular weight excluding hydrogens is 194 g/mol. The first kappa shape index (κ1) is 13.5. The molecule has 1 rings (SSSR count). The zero-order chi connectivity index (χ0) is 9.84. The Balaban J connectivity index is 0.00000169. The van der Waals surface area contributed by atoms with Crippen LogP contribution in [0.3, 0.4) is 0 Å². The van der Waals surface area contributed by atoms with Gasteiger partial charge in [-0.3, -0.25) is 0 Å². The molecule has 2 heteroatoms. The van der Waals surface area contributed by atoms with E-state index in [1.165, 1.54) is 11.1 Å². The fraction of sp³-hybridized carbons (Fsp3) is 0.500. The molecule has 0 radical (unpaired) electrons. The van der Waals surface area contributed by atoms with Crippen molar-refractivity contribution in [1.29, 1.82) is 0 Å². The van der Waals surface area contributed by atoms with Crippen molar-refractivity contribution < 1.29 is 0 Å². The SMILES string of the molecule is Cc1cccc([C@@H](N)CC(C)C)c1.Cl. The molecule has 1 aromatic carbocycles. The van der Waals surface area contributed by atoms with Crippen LogP contribution in [0.4, 0.5) is 0 Å². The van der Waals surface area contributed by atoms with Crippen LogP contribution in [0.15, 0.2) is 24.3 Å². The zero-order valence-corrected chi connectivity index (χ0v) is 9.97. The lowest BCUT2D eigenvalue weighted by atomic mass is 9.97. The van der Waals surface area contributed by atoms with E-state index in [1.54, 1.807) is 0 Å². The lowest BCUT2D eigenvalue weighted by Crippen LogP contribution is -2.12. The lowest BCUT2D eigenvalue weighted by Gasteiger charge is -2.14. The van der Waals surface area contributed by atoms with Crippen LogP contribution in [-0.2, 0) is 0 Å². The van der Waals surface area contributed by atoms with Crippen LogP contribution in [0.2, 0.25) is 0 Å². The molecule has 0 saturated heterocycles. The van der Waals surface area contributed by atoms with E-state index < -0.39 is 0 Å². The van der Waals surface area contributed by atoms with Gasteiger partial charge in [0.2, 0.25) is 0 Å². The van der Waals surface area contributed by atoms with Gasteiger partial charge in [0.25, 0.3) is 0 Å². The maximum Gasteiger partial charge on any atom is 0.0297 e. The lowest BCUT2D eigenvalue weighted by molar-refractivity contribution is 0.510. The van der Waals surface area contributed by atoms with E-state index in [2.05, 4.69) is 45.0 Å². The quantitative estimate of drug-likeness (QED) is 0.818. The van der Waals surface area contributed by atoms with E-state index in [0.717, 1.165) is 6.42 Å². The van der Waals surface area contributed by atoms with Gasteiger partial charge in [-0.15, -0.1) is 12.4 Å². The van der Waals surface area contributed by atoms with E-state index >= 15 is 0 Å².